The molecule has 0 bridgehead atoms. The van der Waals surface area contributed by atoms with Crippen LogP contribution in [0.25, 0.3) is 0 Å². The van der Waals surface area contributed by atoms with Crippen LogP contribution in [0.5, 0.6) is 5.75 Å². The van der Waals surface area contributed by atoms with Crippen molar-refractivity contribution >= 4 is 23.6 Å². The molecule has 2 amide bonds. The fourth-order valence-electron chi connectivity index (χ4n) is 2.66. The average Bonchev–Trinajstić information content (AvgIpc) is 3.23. The van der Waals surface area contributed by atoms with Gasteiger partial charge in [0.15, 0.2) is 5.76 Å². The van der Waals surface area contributed by atoms with Crippen LogP contribution in [0.15, 0.2) is 47.1 Å². The maximum atomic E-state index is 12.5. The Balaban J connectivity index is 1.80. The zero-order valence-electron chi connectivity index (χ0n) is 17.5. The molecule has 1 atom stereocenters. The van der Waals surface area contributed by atoms with Gasteiger partial charge >= 0.3 is 0 Å². The van der Waals surface area contributed by atoms with E-state index in [1.54, 1.807) is 23.9 Å². The van der Waals surface area contributed by atoms with Gasteiger partial charge in [-0.3, -0.25) is 9.59 Å². The van der Waals surface area contributed by atoms with Gasteiger partial charge in [-0.2, -0.15) is 11.8 Å². The number of thioether (sulfide) groups is 1. The second kappa shape index (κ2) is 11.0. The normalized spacial score (nSPS) is 12.3. The molecule has 1 heterocycles. The Kier molecular flexibility index (Phi) is 8.64. The van der Waals surface area contributed by atoms with E-state index in [1.165, 1.54) is 11.8 Å². The van der Waals surface area contributed by atoms with E-state index in [-0.39, 0.29) is 17.1 Å². The van der Waals surface area contributed by atoms with E-state index < -0.39 is 11.9 Å². The second-order valence-electron chi connectivity index (χ2n) is 7.70. The lowest BCUT2D eigenvalue weighted by Crippen LogP contribution is -2.47. The average molecular weight is 419 g/mol. The monoisotopic (exact) mass is 418 g/mol. The molecule has 158 valence electrons. The second-order valence-corrected chi connectivity index (χ2v) is 8.68. The van der Waals surface area contributed by atoms with Crippen molar-refractivity contribution in [3.05, 3.63) is 54.0 Å². The van der Waals surface area contributed by atoms with Gasteiger partial charge in [0.1, 0.15) is 18.4 Å². The van der Waals surface area contributed by atoms with E-state index in [9.17, 15) is 9.59 Å². The molecule has 0 radical (unpaired) electrons. The Morgan fingerprint density at radius 2 is 1.90 bits per heavy atom. The number of carbonyl (C=O) groups is 2. The van der Waals surface area contributed by atoms with Gasteiger partial charge in [-0.05, 0) is 53.7 Å². The van der Waals surface area contributed by atoms with Gasteiger partial charge in [0.05, 0.1) is 12.8 Å². The molecular weight excluding hydrogens is 388 g/mol. The van der Waals surface area contributed by atoms with E-state index in [0.29, 0.717) is 19.6 Å². The van der Waals surface area contributed by atoms with Crippen molar-refractivity contribution in [2.75, 3.05) is 25.2 Å². The molecule has 29 heavy (non-hydrogen) atoms. The van der Waals surface area contributed by atoms with Gasteiger partial charge in [-0.25, -0.2) is 0 Å². The summed E-state index contributed by atoms with van der Waals surface area (Å²) in [4.78, 5) is 24.7. The van der Waals surface area contributed by atoms with Crippen molar-refractivity contribution < 1.29 is 18.7 Å². The van der Waals surface area contributed by atoms with Crippen LogP contribution in [-0.4, -0.2) is 43.0 Å². The number of ether oxygens (including phenoxy) is 1. The van der Waals surface area contributed by atoms with Crippen LogP contribution in [0.4, 0.5) is 0 Å². The predicted molar refractivity (Wildman–Crippen MR) is 117 cm³/mol. The first-order valence-electron chi connectivity index (χ1n) is 9.65. The van der Waals surface area contributed by atoms with Crippen molar-refractivity contribution in [1.82, 2.24) is 10.6 Å². The van der Waals surface area contributed by atoms with E-state index in [0.717, 1.165) is 11.5 Å². The molecule has 0 aliphatic carbocycles. The van der Waals surface area contributed by atoms with E-state index in [1.807, 2.05) is 18.4 Å². The SMILES string of the molecule is CSCCC(NC(=O)c1ccco1)C(=O)NCCOc1ccc(C(C)(C)C)cc1. The van der Waals surface area contributed by atoms with Gasteiger partial charge in [0, 0.05) is 0 Å². The number of nitrogens with one attached hydrogen (secondary N) is 2. The third-order valence-electron chi connectivity index (χ3n) is 4.37. The van der Waals surface area contributed by atoms with Crippen LogP contribution in [0.3, 0.4) is 0 Å². The summed E-state index contributed by atoms with van der Waals surface area (Å²) in [6.45, 7) is 7.19. The van der Waals surface area contributed by atoms with E-state index >= 15 is 0 Å². The van der Waals surface area contributed by atoms with Gasteiger partial charge < -0.3 is 19.8 Å². The Labute approximate surface area is 176 Å². The maximum Gasteiger partial charge on any atom is 0.287 e. The molecule has 0 fully saturated rings. The molecular formula is C22H30N2O4S. The number of hydrogen-bond acceptors (Lipinski definition) is 5. The summed E-state index contributed by atoms with van der Waals surface area (Å²) in [5.41, 5.74) is 1.33. The highest BCUT2D eigenvalue weighted by Gasteiger charge is 2.22. The minimum atomic E-state index is -0.619. The zero-order valence-corrected chi connectivity index (χ0v) is 18.3. The molecule has 1 aromatic carbocycles. The van der Waals surface area contributed by atoms with Gasteiger partial charge in [-0.15, -0.1) is 0 Å². The lowest BCUT2D eigenvalue weighted by atomic mass is 9.87. The first-order valence-corrected chi connectivity index (χ1v) is 11.0. The lowest BCUT2D eigenvalue weighted by Gasteiger charge is -2.19. The molecule has 0 spiro atoms. The summed E-state index contributed by atoms with van der Waals surface area (Å²) in [6.07, 6.45) is 3.92. The molecule has 2 rings (SSSR count). The zero-order chi connectivity index (χ0) is 21.3. The summed E-state index contributed by atoms with van der Waals surface area (Å²) >= 11 is 1.62. The molecule has 0 aliphatic heterocycles. The molecule has 0 saturated heterocycles. The fourth-order valence-corrected chi connectivity index (χ4v) is 3.13. The Morgan fingerprint density at radius 3 is 2.48 bits per heavy atom. The highest BCUT2D eigenvalue weighted by molar-refractivity contribution is 7.98. The highest BCUT2D eigenvalue weighted by Crippen LogP contribution is 2.24. The van der Waals surface area contributed by atoms with Gasteiger partial charge in [0.25, 0.3) is 5.91 Å². The van der Waals surface area contributed by atoms with E-state index in [4.69, 9.17) is 9.15 Å². The van der Waals surface area contributed by atoms with Gasteiger partial charge in [-0.1, -0.05) is 32.9 Å². The first-order chi connectivity index (χ1) is 13.8. The standard InChI is InChI=1S/C22H30N2O4S/c1-22(2,3)16-7-9-17(10-8-16)27-14-12-23-20(25)18(11-15-29-4)24-21(26)19-6-5-13-28-19/h5-10,13,18H,11-12,14-15H2,1-4H3,(H,23,25)(H,24,26). The number of rotatable bonds is 10. The van der Waals surface area contributed by atoms with Crippen LogP contribution in [0.1, 0.15) is 43.3 Å². The van der Waals surface area contributed by atoms with Crippen molar-refractivity contribution in [3.63, 3.8) is 0 Å². The summed E-state index contributed by atoms with van der Waals surface area (Å²) in [5.74, 6) is 1.08. The molecule has 0 saturated carbocycles. The fraction of sp³-hybridized carbons (Fsp3) is 0.455. The van der Waals surface area contributed by atoms with E-state index in [2.05, 4.69) is 43.5 Å². The van der Waals surface area contributed by atoms with Crippen molar-refractivity contribution in [1.29, 1.82) is 0 Å². The lowest BCUT2D eigenvalue weighted by molar-refractivity contribution is -0.123. The first kappa shape index (κ1) is 22.9. The molecule has 6 nitrogen and oxygen atoms in total. The minimum Gasteiger partial charge on any atom is -0.492 e. The van der Waals surface area contributed by atoms with Crippen LogP contribution >= 0.6 is 11.8 Å². The van der Waals surface area contributed by atoms with Crippen LogP contribution in [-0.2, 0) is 10.2 Å². The van der Waals surface area contributed by atoms with Crippen molar-refractivity contribution in [3.8, 4) is 5.75 Å². The van der Waals surface area contributed by atoms with Crippen LogP contribution < -0.4 is 15.4 Å². The summed E-state index contributed by atoms with van der Waals surface area (Å²) < 4.78 is 10.8. The van der Waals surface area contributed by atoms with Crippen molar-refractivity contribution in [2.45, 2.75) is 38.6 Å². The number of carbonyl (C=O) groups excluding carboxylic acids is 2. The largest absolute Gasteiger partial charge is 0.492 e. The predicted octanol–water partition coefficient (Wildman–Crippen LogP) is 3.62. The Morgan fingerprint density at radius 1 is 1.17 bits per heavy atom. The quantitative estimate of drug-likeness (QED) is 0.576. The van der Waals surface area contributed by atoms with Crippen molar-refractivity contribution in [2.24, 2.45) is 0 Å². The molecule has 2 N–H and O–H groups in total. The number of amides is 2. The third kappa shape index (κ3) is 7.49. The maximum absolute atomic E-state index is 12.5. The number of hydrogen-bond donors (Lipinski definition) is 2. The highest BCUT2D eigenvalue weighted by atomic mass is 32.2. The smallest absolute Gasteiger partial charge is 0.287 e. The summed E-state index contributed by atoms with van der Waals surface area (Å²) in [5, 5.41) is 5.56. The third-order valence-corrected chi connectivity index (χ3v) is 5.01. The molecule has 7 heteroatoms. The van der Waals surface area contributed by atoms with Crippen LogP contribution in [0.2, 0.25) is 0 Å². The number of furan rings is 1. The number of benzene rings is 1. The van der Waals surface area contributed by atoms with Crippen LogP contribution in [0, 0.1) is 0 Å². The minimum absolute atomic E-state index is 0.0956. The Hall–Kier alpha value is -2.41. The molecule has 1 unspecified atom stereocenters. The molecule has 2 aromatic rings. The van der Waals surface area contributed by atoms with Gasteiger partial charge in [0.2, 0.25) is 5.91 Å². The molecule has 0 aliphatic rings. The Bertz CT molecular complexity index is 767. The topological polar surface area (TPSA) is 80.6 Å². The summed E-state index contributed by atoms with van der Waals surface area (Å²) in [7, 11) is 0. The molecule has 1 aromatic heterocycles. The summed E-state index contributed by atoms with van der Waals surface area (Å²) in [6, 6.07) is 10.6.